The van der Waals surface area contributed by atoms with Crippen LogP contribution in [0.5, 0.6) is 0 Å². The summed E-state index contributed by atoms with van der Waals surface area (Å²) in [5.74, 6) is 0.592. The van der Waals surface area contributed by atoms with Crippen LogP contribution in [-0.4, -0.2) is 25.0 Å². The van der Waals surface area contributed by atoms with Crippen molar-refractivity contribution in [3.05, 3.63) is 34.3 Å². The Balaban J connectivity index is 2.21. The lowest BCUT2D eigenvalue weighted by molar-refractivity contribution is 0.411. The molecule has 1 aliphatic heterocycles. The van der Waals surface area contributed by atoms with Gasteiger partial charge in [0.15, 0.2) is 0 Å². The van der Waals surface area contributed by atoms with E-state index >= 15 is 0 Å². The van der Waals surface area contributed by atoms with Gasteiger partial charge in [-0.3, -0.25) is 0 Å². The van der Waals surface area contributed by atoms with E-state index in [2.05, 4.69) is 24.1 Å². The standard InChI is InChI=1S/C12H17ClN2/c1-15-5-4-10(8-15)11-3-2-9(7-14)6-12(11)13/h2-3,6,10H,4-5,7-8,14H2,1H3. The van der Waals surface area contributed by atoms with Crippen LogP contribution < -0.4 is 5.73 Å². The Bertz CT molecular complexity index is 351. The maximum Gasteiger partial charge on any atom is 0.0444 e. The normalized spacial score (nSPS) is 22.2. The van der Waals surface area contributed by atoms with Crippen molar-refractivity contribution in [3.8, 4) is 0 Å². The van der Waals surface area contributed by atoms with E-state index in [-0.39, 0.29) is 0 Å². The van der Waals surface area contributed by atoms with Gasteiger partial charge in [-0.15, -0.1) is 0 Å². The summed E-state index contributed by atoms with van der Waals surface area (Å²) >= 11 is 6.26. The van der Waals surface area contributed by atoms with Gasteiger partial charge in [0.1, 0.15) is 0 Å². The first-order valence-electron chi connectivity index (χ1n) is 5.37. The SMILES string of the molecule is CN1CCC(c2ccc(CN)cc2Cl)C1. The van der Waals surface area contributed by atoms with E-state index in [0.717, 1.165) is 17.1 Å². The number of rotatable bonds is 2. The Morgan fingerprint density at radius 2 is 2.33 bits per heavy atom. The number of nitrogens with zero attached hydrogens (tertiary/aromatic N) is 1. The fourth-order valence-electron chi connectivity index (χ4n) is 2.22. The van der Waals surface area contributed by atoms with Gasteiger partial charge in [-0.1, -0.05) is 23.7 Å². The van der Waals surface area contributed by atoms with Crippen LogP contribution in [0.1, 0.15) is 23.5 Å². The fraction of sp³-hybridized carbons (Fsp3) is 0.500. The molecule has 0 bridgehead atoms. The van der Waals surface area contributed by atoms with Gasteiger partial charge >= 0.3 is 0 Å². The highest BCUT2D eigenvalue weighted by Crippen LogP contribution is 2.31. The maximum absolute atomic E-state index is 6.26. The van der Waals surface area contributed by atoms with Crippen LogP contribution in [0, 0.1) is 0 Å². The van der Waals surface area contributed by atoms with Crippen molar-refractivity contribution < 1.29 is 0 Å². The molecule has 82 valence electrons. The first-order chi connectivity index (χ1) is 7.20. The van der Waals surface area contributed by atoms with Gasteiger partial charge in [-0.2, -0.15) is 0 Å². The number of halogens is 1. The zero-order valence-electron chi connectivity index (χ0n) is 9.04. The summed E-state index contributed by atoms with van der Waals surface area (Å²) in [5.41, 5.74) is 7.96. The minimum absolute atomic E-state index is 0.560. The molecule has 1 aromatic carbocycles. The monoisotopic (exact) mass is 224 g/mol. The van der Waals surface area contributed by atoms with Crippen LogP contribution in [0.3, 0.4) is 0 Å². The number of hydrogen-bond donors (Lipinski definition) is 1. The van der Waals surface area contributed by atoms with Crippen LogP contribution in [-0.2, 0) is 6.54 Å². The largest absolute Gasteiger partial charge is 0.326 e. The third kappa shape index (κ3) is 2.33. The molecular weight excluding hydrogens is 208 g/mol. The third-order valence-corrected chi connectivity index (χ3v) is 3.46. The quantitative estimate of drug-likeness (QED) is 0.835. The first-order valence-corrected chi connectivity index (χ1v) is 5.75. The molecule has 2 nitrogen and oxygen atoms in total. The van der Waals surface area contributed by atoms with Crippen molar-refractivity contribution in [2.45, 2.75) is 18.9 Å². The Morgan fingerprint density at radius 3 is 2.87 bits per heavy atom. The molecular formula is C12H17ClN2. The molecule has 0 spiro atoms. The van der Waals surface area contributed by atoms with Gasteiger partial charge in [0.05, 0.1) is 0 Å². The summed E-state index contributed by atoms with van der Waals surface area (Å²) in [6.45, 7) is 2.84. The highest BCUT2D eigenvalue weighted by Gasteiger charge is 2.22. The van der Waals surface area contributed by atoms with Crippen molar-refractivity contribution in [1.29, 1.82) is 0 Å². The van der Waals surface area contributed by atoms with Crippen LogP contribution in [0.4, 0.5) is 0 Å². The summed E-state index contributed by atoms with van der Waals surface area (Å²) in [7, 11) is 2.15. The Morgan fingerprint density at radius 1 is 1.53 bits per heavy atom. The van der Waals surface area contributed by atoms with Crippen LogP contribution in [0.15, 0.2) is 18.2 Å². The molecule has 0 aromatic heterocycles. The Labute approximate surface area is 96.0 Å². The van der Waals surface area contributed by atoms with E-state index in [1.807, 2.05) is 6.07 Å². The average Bonchev–Trinajstić information content (AvgIpc) is 2.64. The lowest BCUT2D eigenvalue weighted by Crippen LogP contribution is -2.13. The van der Waals surface area contributed by atoms with E-state index in [1.54, 1.807) is 0 Å². The molecule has 0 saturated carbocycles. The number of nitrogens with two attached hydrogens (primary N) is 1. The van der Waals surface area contributed by atoms with E-state index in [9.17, 15) is 0 Å². The minimum atomic E-state index is 0.560. The summed E-state index contributed by atoms with van der Waals surface area (Å²) in [4.78, 5) is 2.35. The maximum atomic E-state index is 6.26. The van der Waals surface area contributed by atoms with Gasteiger partial charge in [-0.25, -0.2) is 0 Å². The van der Waals surface area contributed by atoms with E-state index < -0.39 is 0 Å². The predicted octanol–water partition coefficient (Wildman–Crippen LogP) is 2.22. The minimum Gasteiger partial charge on any atom is -0.326 e. The van der Waals surface area contributed by atoms with E-state index in [1.165, 1.54) is 18.5 Å². The molecule has 0 aliphatic carbocycles. The van der Waals surface area contributed by atoms with E-state index in [0.29, 0.717) is 12.5 Å². The van der Waals surface area contributed by atoms with Gasteiger partial charge in [0, 0.05) is 18.1 Å². The van der Waals surface area contributed by atoms with Crippen molar-refractivity contribution in [1.82, 2.24) is 4.90 Å². The molecule has 1 heterocycles. The van der Waals surface area contributed by atoms with Crippen LogP contribution >= 0.6 is 11.6 Å². The molecule has 1 atom stereocenters. The molecule has 2 N–H and O–H groups in total. The molecule has 1 fully saturated rings. The molecule has 1 aromatic rings. The number of likely N-dealkylation sites (tertiary alicyclic amines) is 1. The number of benzene rings is 1. The van der Waals surface area contributed by atoms with Crippen LogP contribution in [0.2, 0.25) is 5.02 Å². The summed E-state index contributed by atoms with van der Waals surface area (Å²) < 4.78 is 0. The van der Waals surface area contributed by atoms with Gasteiger partial charge in [0.25, 0.3) is 0 Å². The van der Waals surface area contributed by atoms with Crippen molar-refractivity contribution in [3.63, 3.8) is 0 Å². The smallest absolute Gasteiger partial charge is 0.0444 e. The highest BCUT2D eigenvalue weighted by molar-refractivity contribution is 6.31. The Kier molecular flexibility index (Phi) is 3.29. The van der Waals surface area contributed by atoms with Crippen molar-refractivity contribution in [2.75, 3.05) is 20.1 Å². The first kappa shape index (κ1) is 10.9. The fourth-order valence-corrected chi connectivity index (χ4v) is 2.58. The third-order valence-electron chi connectivity index (χ3n) is 3.13. The molecule has 0 radical (unpaired) electrons. The lowest BCUT2D eigenvalue weighted by Gasteiger charge is -2.13. The van der Waals surface area contributed by atoms with Crippen LogP contribution in [0.25, 0.3) is 0 Å². The lowest BCUT2D eigenvalue weighted by atomic mass is 9.97. The average molecular weight is 225 g/mol. The van der Waals surface area contributed by atoms with E-state index in [4.69, 9.17) is 17.3 Å². The zero-order chi connectivity index (χ0) is 10.8. The number of likely N-dealkylation sites (N-methyl/N-ethyl adjacent to an activating group) is 1. The molecule has 15 heavy (non-hydrogen) atoms. The zero-order valence-corrected chi connectivity index (χ0v) is 9.80. The van der Waals surface area contributed by atoms with Gasteiger partial charge < -0.3 is 10.6 Å². The summed E-state index contributed by atoms with van der Waals surface area (Å²) in [5, 5.41) is 0.873. The second-order valence-electron chi connectivity index (χ2n) is 4.31. The second-order valence-corrected chi connectivity index (χ2v) is 4.72. The molecule has 1 unspecified atom stereocenters. The topological polar surface area (TPSA) is 29.3 Å². The number of hydrogen-bond acceptors (Lipinski definition) is 2. The Hall–Kier alpha value is -0.570. The molecule has 1 aliphatic rings. The second kappa shape index (κ2) is 4.52. The highest BCUT2D eigenvalue weighted by atomic mass is 35.5. The van der Waals surface area contributed by atoms with Crippen molar-refractivity contribution in [2.24, 2.45) is 5.73 Å². The predicted molar refractivity (Wildman–Crippen MR) is 64.2 cm³/mol. The molecule has 0 amide bonds. The van der Waals surface area contributed by atoms with Gasteiger partial charge in [0.2, 0.25) is 0 Å². The molecule has 2 rings (SSSR count). The summed E-state index contributed by atoms with van der Waals surface area (Å²) in [6, 6.07) is 6.21. The van der Waals surface area contributed by atoms with Crippen molar-refractivity contribution >= 4 is 11.6 Å². The molecule has 3 heteroatoms. The summed E-state index contributed by atoms with van der Waals surface area (Å²) in [6.07, 6.45) is 1.21. The van der Waals surface area contributed by atoms with Gasteiger partial charge in [-0.05, 0) is 43.1 Å². The molecule has 1 saturated heterocycles.